The van der Waals surface area contributed by atoms with Gasteiger partial charge in [-0.1, -0.05) is 0 Å². The zero-order valence-corrected chi connectivity index (χ0v) is 11.2. The minimum atomic E-state index is -3.79. The maximum Gasteiger partial charge on any atom is 0.240 e. The number of hydrogen-bond acceptors (Lipinski definition) is 5. The molecule has 0 aliphatic carbocycles. The summed E-state index contributed by atoms with van der Waals surface area (Å²) < 4.78 is 27.8. The van der Waals surface area contributed by atoms with Crippen molar-refractivity contribution in [3.63, 3.8) is 0 Å². The van der Waals surface area contributed by atoms with Crippen molar-refractivity contribution in [3.05, 3.63) is 42.4 Å². The molecular weight excluding hydrogens is 266 g/mol. The van der Waals surface area contributed by atoms with Gasteiger partial charge in [-0.25, -0.2) is 13.6 Å². The van der Waals surface area contributed by atoms with Crippen molar-refractivity contribution < 1.29 is 12.8 Å². The highest BCUT2D eigenvalue weighted by Gasteiger charge is 2.13. The predicted molar refractivity (Wildman–Crippen MR) is 73.0 cm³/mol. The fraction of sp³-hybridized carbons (Fsp3) is 0.167. The van der Waals surface area contributed by atoms with Gasteiger partial charge in [0.05, 0.1) is 18.5 Å². The lowest BCUT2D eigenvalue weighted by atomic mass is 10.2. The monoisotopic (exact) mass is 281 g/mol. The highest BCUT2D eigenvalue weighted by molar-refractivity contribution is 7.89. The van der Waals surface area contributed by atoms with Crippen LogP contribution in [0.25, 0.3) is 0 Å². The second kappa shape index (κ2) is 4.94. The molecular formula is C12H15N3O3S. The predicted octanol–water partition coefficient (Wildman–Crippen LogP) is 1.15. The average Bonchev–Trinajstić information content (AvgIpc) is 2.79. The van der Waals surface area contributed by atoms with Crippen LogP contribution in [-0.2, 0) is 16.6 Å². The molecule has 102 valence electrons. The number of primary sulfonamides is 1. The Hall–Kier alpha value is -1.99. The topological polar surface area (TPSA) is 103 Å². The second-order valence-corrected chi connectivity index (χ2v) is 5.73. The number of furan rings is 1. The van der Waals surface area contributed by atoms with E-state index >= 15 is 0 Å². The summed E-state index contributed by atoms with van der Waals surface area (Å²) in [6.45, 7) is 0.557. The van der Waals surface area contributed by atoms with Crippen molar-refractivity contribution in [2.75, 3.05) is 17.7 Å². The molecule has 0 amide bonds. The highest BCUT2D eigenvalue weighted by atomic mass is 32.2. The van der Waals surface area contributed by atoms with Gasteiger partial charge in [-0.05, 0) is 30.3 Å². The van der Waals surface area contributed by atoms with Gasteiger partial charge in [0.15, 0.2) is 0 Å². The molecule has 0 saturated carbocycles. The van der Waals surface area contributed by atoms with E-state index in [2.05, 4.69) is 0 Å². The van der Waals surface area contributed by atoms with E-state index in [0.717, 1.165) is 11.4 Å². The fourth-order valence-electron chi connectivity index (χ4n) is 1.76. The lowest BCUT2D eigenvalue weighted by Crippen LogP contribution is -2.18. The van der Waals surface area contributed by atoms with Crippen molar-refractivity contribution in [1.82, 2.24) is 0 Å². The lowest BCUT2D eigenvalue weighted by molar-refractivity contribution is 0.507. The first-order chi connectivity index (χ1) is 8.88. The standard InChI is InChI=1S/C12H15N3O3S/c1-15(8-10-3-2-6-18-10)9-4-5-12(11(13)7-9)19(14,16)17/h2-7H,8,13H2,1H3,(H2,14,16,17). The van der Waals surface area contributed by atoms with E-state index in [1.165, 1.54) is 6.07 Å². The van der Waals surface area contributed by atoms with Gasteiger partial charge < -0.3 is 15.1 Å². The van der Waals surface area contributed by atoms with E-state index in [4.69, 9.17) is 15.3 Å². The van der Waals surface area contributed by atoms with Crippen LogP contribution in [0.4, 0.5) is 11.4 Å². The fourth-order valence-corrected chi connectivity index (χ4v) is 2.41. The van der Waals surface area contributed by atoms with E-state index in [1.807, 2.05) is 24.1 Å². The summed E-state index contributed by atoms with van der Waals surface area (Å²) in [6.07, 6.45) is 1.60. The van der Waals surface area contributed by atoms with Crippen molar-refractivity contribution >= 4 is 21.4 Å². The number of hydrogen-bond donors (Lipinski definition) is 2. The molecule has 19 heavy (non-hydrogen) atoms. The zero-order valence-electron chi connectivity index (χ0n) is 10.4. The van der Waals surface area contributed by atoms with E-state index in [-0.39, 0.29) is 10.6 Å². The Kier molecular flexibility index (Phi) is 3.50. The molecule has 0 aliphatic heterocycles. The number of sulfonamides is 1. The van der Waals surface area contributed by atoms with Gasteiger partial charge >= 0.3 is 0 Å². The third kappa shape index (κ3) is 3.07. The Balaban J connectivity index is 2.25. The third-order valence-electron chi connectivity index (χ3n) is 2.71. The van der Waals surface area contributed by atoms with E-state index < -0.39 is 10.0 Å². The number of nitrogens with zero attached hydrogens (tertiary/aromatic N) is 1. The van der Waals surface area contributed by atoms with Gasteiger partial charge in [0, 0.05) is 12.7 Å². The first kappa shape index (κ1) is 13.4. The van der Waals surface area contributed by atoms with Crippen LogP contribution in [0.2, 0.25) is 0 Å². The molecule has 0 saturated heterocycles. The van der Waals surface area contributed by atoms with Crippen molar-refractivity contribution in [2.24, 2.45) is 5.14 Å². The molecule has 6 nitrogen and oxygen atoms in total. The lowest BCUT2D eigenvalue weighted by Gasteiger charge is -2.19. The number of nitrogens with two attached hydrogens (primary N) is 2. The molecule has 0 spiro atoms. The molecule has 2 rings (SSSR count). The van der Waals surface area contributed by atoms with E-state index in [9.17, 15) is 8.42 Å². The second-order valence-electron chi connectivity index (χ2n) is 4.20. The largest absolute Gasteiger partial charge is 0.467 e. The first-order valence-electron chi connectivity index (χ1n) is 5.54. The molecule has 2 aromatic rings. The van der Waals surface area contributed by atoms with Gasteiger partial charge in [-0.3, -0.25) is 0 Å². The number of benzene rings is 1. The molecule has 0 unspecified atom stereocenters. The SMILES string of the molecule is CN(Cc1ccco1)c1ccc(S(N)(=O)=O)c(N)c1. The Bertz CT molecular complexity index is 666. The highest BCUT2D eigenvalue weighted by Crippen LogP contribution is 2.24. The Morgan fingerprint density at radius 2 is 2.05 bits per heavy atom. The van der Waals surface area contributed by atoms with E-state index in [0.29, 0.717) is 6.54 Å². The minimum absolute atomic E-state index is 0.0670. The Morgan fingerprint density at radius 1 is 1.32 bits per heavy atom. The molecule has 0 fully saturated rings. The Labute approximate surface area is 111 Å². The van der Waals surface area contributed by atoms with Gasteiger partial charge in [0.25, 0.3) is 0 Å². The quantitative estimate of drug-likeness (QED) is 0.818. The number of rotatable bonds is 4. The van der Waals surface area contributed by atoms with Crippen molar-refractivity contribution in [1.29, 1.82) is 0 Å². The van der Waals surface area contributed by atoms with Gasteiger partial charge in [0.2, 0.25) is 10.0 Å². The summed E-state index contributed by atoms with van der Waals surface area (Å²) in [7, 11) is -1.93. The molecule has 1 aromatic heterocycles. The molecule has 1 heterocycles. The normalized spacial score (nSPS) is 11.5. The Morgan fingerprint density at radius 3 is 2.58 bits per heavy atom. The molecule has 0 atom stereocenters. The molecule has 4 N–H and O–H groups in total. The van der Waals surface area contributed by atoms with Gasteiger partial charge in [0.1, 0.15) is 10.7 Å². The van der Waals surface area contributed by atoms with Crippen LogP contribution in [0.1, 0.15) is 5.76 Å². The summed E-state index contributed by atoms with van der Waals surface area (Å²) in [5, 5.41) is 5.06. The summed E-state index contributed by atoms with van der Waals surface area (Å²) in [5.41, 5.74) is 6.62. The molecule has 0 aliphatic rings. The van der Waals surface area contributed by atoms with Crippen LogP contribution in [-0.4, -0.2) is 15.5 Å². The molecule has 7 heteroatoms. The maximum absolute atomic E-state index is 11.3. The van der Waals surface area contributed by atoms with Crippen LogP contribution >= 0.6 is 0 Å². The van der Waals surface area contributed by atoms with Crippen molar-refractivity contribution in [3.8, 4) is 0 Å². The summed E-state index contributed by atoms with van der Waals surface area (Å²) in [4.78, 5) is 1.82. The summed E-state index contributed by atoms with van der Waals surface area (Å²) in [5.74, 6) is 0.802. The minimum Gasteiger partial charge on any atom is -0.467 e. The third-order valence-corrected chi connectivity index (χ3v) is 3.70. The van der Waals surface area contributed by atoms with Crippen LogP contribution in [0.3, 0.4) is 0 Å². The average molecular weight is 281 g/mol. The van der Waals surface area contributed by atoms with Crippen LogP contribution in [0.15, 0.2) is 45.9 Å². The van der Waals surface area contributed by atoms with Gasteiger partial charge in [-0.15, -0.1) is 0 Å². The first-order valence-corrected chi connectivity index (χ1v) is 7.08. The van der Waals surface area contributed by atoms with Gasteiger partial charge in [-0.2, -0.15) is 0 Å². The van der Waals surface area contributed by atoms with Crippen LogP contribution < -0.4 is 15.8 Å². The summed E-state index contributed by atoms with van der Waals surface area (Å²) >= 11 is 0. The maximum atomic E-state index is 11.3. The van der Waals surface area contributed by atoms with Crippen LogP contribution in [0.5, 0.6) is 0 Å². The number of nitrogen functional groups attached to an aromatic ring is 1. The smallest absolute Gasteiger partial charge is 0.240 e. The number of anilines is 2. The van der Waals surface area contributed by atoms with Crippen molar-refractivity contribution in [2.45, 2.75) is 11.4 Å². The molecule has 1 aromatic carbocycles. The van der Waals surface area contributed by atoms with E-state index in [1.54, 1.807) is 18.4 Å². The zero-order chi connectivity index (χ0) is 14.0. The van der Waals surface area contributed by atoms with Crippen LogP contribution in [0, 0.1) is 0 Å². The summed E-state index contributed by atoms with van der Waals surface area (Å²) in [6, 6.07) is 8.29. The molecule has 0 bridgehead atoms. The molecule has 0 radical (unpaired) electrons.